The molecule has 0 aliphatic carbocycles. The predicted molar refractivity (Wildman–Crippen MR) is 133 cm³/mol. The minimum atomic E-state index is -0.357. The Morgan fingerprint density at radius 1 is 1.31 bits per heavy atom. The van der Waals surface area contributed by atoms with E-state index in [0.717, 1.165) is 12.8 Å². The van der Waals surface area contributed by atoms with E-state index in [1.165, 1.54) is 10.7 Å². The van der Waals surface area contributed by atoms with Crippen LogP contribution < -0.4 is 15.8 Å². The normalized spacial score (nSPS) is 15.9. The summed E-state index contributed by atoms with van der Waals surface area (Å²) in [5, 5.41) is 17.4. The summed E-state index contributed by atoms with van der Waals surface area (Å²) in [7, 11) is 0. The Bertz CT molecular complexity index is 1420. The number of hydrogen-bond donors (Lipinski definition) is 3. The van der Waals surface area contributed by atoms with Crippen molar-refractivity contribution in [3.05, 3.63) is 53.6 Å². The third-order valence-electron chi connectivity index (χ3n) is 5.82. The summed E-state index contributed by atoms with van der Waals surface area (Å²) in [6.45, 7) is 3.34. The van der Waals surface area contributed by atoms with Crippen molar-refractivity contribution in [2.24, 2.45) is 5.10 Å². The zero-order chi connectivity index (χ0) is 24.4. The van der Waals surface area contributed by atoms with Gasteiger partial charge in [-0.25, -0.2) is 9.97 Å². The zero-order valence-electron chi connectivity index (χ0n) is 19.3. The Hall–Kier alpha value is -4.18. The van der Waals surface area contributed by atoms with Gasteiger partial charge in [0, 0.05) is 13.2 Å². The third-order valence-corrected chi connectivity index (χ3v) is 5.82. The van der Waals surface area contributed by atoms with Gasteiger partial charge in [-0.05, 0) is 55.7 Å². The number of nitrogens with one attached hydrogen (secondary N) is 1. The van der Waals surface area contributed by atoms with E-state index >= 15 is 0 Å². The number of para-hydroxylation sites is 2. The van der Waals surface area contributed by atoms with Crippen molar-refractivity contribution >= 4 is 40.1 Å². The smallest absolute Gasteiger partial charge is 0.257 e. The minimum absolute atomic E-state index is 0.00695. The summed E-state index contributed by atoms with van der Waals surface area (Å²) in [6, 6.07) is 12.3. The van der Waals surface area contributed by atoms with E-state index in [2.05, 4.69) is 20.4 Å². The molecular formula is C25H26N6O4. The Balaban J connectivity index is 1.56. The van der Waals surface area contributed by atoms with Crippen LogP contribution in [0.1, 0.15) is 35.7 Å². The lowest BCUT2D eigenvalue weighted by Gasteiger charge is -2.10. The third kappa shape index (κ3) is 4.47. The van der Waals surface area contributed by atoms with Crippen molar-refractivity contribution in [3.8, 4) is 11.5 Å². The number of nitrogens with two attached hydrogens (primary N) is 1. The van der Waals surface area contributed by atoms with E-state index in [1.54, 1.807) is 18.3 Å². The second-order valence-corrected chi connectivity index (χ2v) is 8.21. The van der Waals surface area contributed by atoms with E-state index in [-0.39, 0.29) is 29.1 Å². The highest BCUT2D eigenvalue weighted by atomic mass is 16.5. The molecule has 1 saturated heterocycles. The monoisotopic (exact) mass is 474 g/mol. The number of aromatic nitrogens is 3. The second kappa shape index (κ2) is 9.59. The largest absolute Gasteiger partial charge is 0.504 e. The molecule has 1 fully saturated rings. The highest BCUT2D eigenvalue weighted by molar-refractivity contribution is 6.10. The van der Waals surface area contributed by atoms with Crippen molar-refractivity contribution in [2.75, 3.05) is 25.5 Å². The van der Waals surface area contributed by atoms with Crippen LogP contribution in [0.25, 0.3) is 22.2 Å². The predicted octanol–water partition coefficient (Wildman–Crippen LogP) is 3.06. The molecule has 0 spiro atoms. The van der Waals surface area contributed by atoms with E-state index in [9.17, 15) is 9.90 Å². The Labute approximate surface area is 201 Å². The number of nitrogen functional groups attached to an aromatic ring is 1. The molecular weight excluding hydrogens is 448 g/mol. The molecule has 10 heteroatoms. The lowest BCUT2D eigenvalue weighted by Crippen LogP contribution is -2.32. The maximum Gasteiger partial charge on any atom is 0.257 e. The number of rotatable bonds is 7. The van der Waals surface area contributed by atoms with Crippen molar-refractivity contribution in [2.45, 2.75) is 25.9 Å². The van der Waals surface area contributed by atoms with Crippen LogP contribution in [0.4, 0.5) is 5.82 Å². The van der Waals surface area contributed by atoms with Gasteiger partial charge in [-0.15, -0.1) is 0 Å². The fraction of sp³-hybridized carbons (Fsp3) is 0.280. The number of ether oxygens (including phenoxy) is 2. The van der Waals surface area contributed by atoms with Gasteiger partial charge in [-0.1, -0.05) is 12.1 Å². The van der Waals surface area contributed by atoms with Crippen LogP contribution in [-0.4, -0.2) is 57.7 Å². The lowest BCUT2D eigenvalue weighted by molar-refractivity contribution is 0.0859. The molecule has 1 aliphatic heterocycles. The van der Waals surface area contributed by atoms with Crippen LogP contribution in [-0.2, 0) is 4.74 Å². The molecule has 180 valence electrons. The SMILES string of the molecule is CCOc1cc(C=Nn2c(N)c(C(=O)NCC3CCCO3)c3nc4ccccc4nc32)ccc1O. The van der Waals surface area contributed by atoms with Crippen LogP contribution in [0.2, 0.25) is 0 Å². The van der Waals surface area contributed by atoms with E-state index < -0.39 is 0 Å². The first-order valence-electron chi connectivity index (χ1n) is 11.5. The maximum atomic E-state index is 13.2. The quantitative estimate of drug-likeness (QED) is 0.350. The summed E-state index contributed by atoms with van der Waals surface area (Å²) < 4.78 is 12.5. The number of benzene rings is 2. The molecule has 1 amide bonds. The highest BCUT2D eigenvalue weighted by Crippen LogP contribution is 2.29. The molecule has 0 saturated carbocycles. The molecule has 2 aromatic carbocycles. The number of phenols is 1. The number of anilines is 1. The van der Waals surface area contributed by atoms with Gasteiger partial charge in [0.25, 0.3) is 5.91 Å². The number of carbonyl (C=O) groups excluding carboxylic acids is 1. The van der Waals surface area contributed by atoms with Gasteiger partial charge in [-0.3, -0.25) is 4.79 Å². The molecule has 35 heavy (non-hydrogen) atoms. The topological polar surface area (TPSA) is 137 Å². The number of aromatic hydroxyl groups is 1. The van der Waals surface area contributed by atoms with E-state index in [0.29, 0.717) is 53.3 Å². The molecule has 0 bridgehead atoms. The Morgan fingerprint density at radius 3 is 2.86 bits per heavy atom. The van der Waals surface area contributed by atoms with E-state index in [1.807, 2.05) is 31.2 Å². The zero-order valence-corrected chi connectivity index (χ0v) is 19.3. The van der Waals surface area contributed by atoms with E-state index in [4.69, 9.17) is 15.2 Å². The fourth-order valence-corrected chi connectivity index (χ4v) is 4.09. The average molecular weight is 475 g/mol. The van der Waals surface area contributed by atoms with Gasteiger partial charge in [0.1, 0.15) is 16.9 Å². The van der Waals surface area contributed by atoms with Crippen LogP contribution in [0.15, 0.2) is 47.6 Å². The van der Waals surface area contributed by atoms with Gasteiger partial charge in [0.15, 0.2) is 17.1 Å². The molecule has 5 rings (SSSR count). The summed E-state index contributed by atoms with van der Waals surface area (Å²) in [4.78, 5) is 22.6. The average Bonchev–Trinajstić information content (AvgIpc) is 3.47. The first kappa shape index (κ1) is 22.6. The molecule has 10 nitrogen and oxygen atoms in total. The fourth-order valence-electron chi connectivity index (χ4n) is 4.09. The summed E-state index contributed by atoms with van der Waals surface area (Å²) in [6.07, 6.45) is 3.44. The van der Waals surface area contributed by atoms with Crippen molar-refractivity contribution in [1.82, 2.24) is 20.0 Å². The number of phenolic OH excluding ortho intramolecular Hbond substituents is 1. The van der Waals surface area contributed by atoms with Crippen LogP contribution in [0.5, 0.6) is 11.5 Å². The molecule has 2 aromatic heterocycles. The Morgan fingerprint density at radius 2 is 2.11 bits per heavy atom. The number of fused-ring (bicyclic) bond motifs is 2. The number of hydrogen-bond acceptors (Lipinski definition) is 8. The highest BCUT2D eigenvalue weighted by Gasteiger charge is 2.25. The van der Waals surface area contributed by atoms with Gasteiger partial charge in [0.2, 0.25) is 0 Å². The van der Waals surface area contributed by atoms with Crippen molar-refractivity contribution in [1.29, 1.82) is 0 Å². The molecule has 1 unspecified atom stereocenters. The van der Waals surface area contributed by atoms with Gasteiger partial charge < -0.3 is 25.6 Å². The minimum Gasteiger partial charge on any atom is -0.504 e. The van der Waals surface area contributed by atoms with Crippen LogP contribution in [0.3, 0.4) is 0 Å². The number of carbonyl (C=O) groups is 1. The number of nitrogens with zero attached hydrogens (tertiary/aromatic N) is 4. The first-order chi connectivity index (χ1) is 17.0. The maximum absolute atomic E-state index is 13.2. The summed E-state index contributed by atoms with van der Waals surface area (Å²) in [5.41, 5.74) is 9.36. The molecule has 4 aromatic rings. The Kier molecular flexibility index (Phi) is 6.19. The molecule has 3 heterocycles. The molecule has 1 atom stereocenters. The van der Waals surface area contributed by atoms with Crippen molar-refractivity contribution < 1.29 is 19.4 Å². The molecule has 1 aliphatic rings. The molecule has 0 radical (unpaired) electrons. The van der Waals surface area contributed by atoms with Gasteiger partial charge >= 0.3 is 0 Å². The van der Waals surface area contributed by atoms with Gasteiger partial charge in [-0.2, -0.15) is 9.78 Å². The van der Waals surface area contributed by atoms with Crippen LogP contribution >= 0.6 is 0 Å². The standard InChI is InChI=1S/C25H26N6O4/c1-2-34-20-12-15(9-10-19(20)32)13-28-31-23(26)21(25(33)27-14-16-6-5-11-35-16)22-24(31)30-18-8-4-3-7-17(18)29-22/h3-4,7-10,12-13,16,32H,2,5-6,11,14,26H2,1H3,(H,27,33). The summed E-state index contributed by atoms with van der Waals surface area (Å²) in [5.74, 6) is 0.157. The lowest BCUT2D eigenvalue weighted by atomic mass is 10.2. The van der Waals surface area contributed by atoms with Crippen molar-refractivity contribution in [3.63, 3.8) is 0 Å². The summed E-state index contributed by atoms with van der Waals surface area (Å²) >= 11 is 0. The van der Waals surface area contributed by atoms with Gasteiger partial charge in [0.05, 0.1) is 30.0 Å². The van der Waals surface area contributed by atoms with Crippen LogP contribution in [0, 0.1) is 0 Å². The second-order valence-electron chi connectivity index (χ2n) is 8.21. The molecule has 4 N–H and O–H groups in total. The first-order valence-corrected chi connectivity index (χ1v) is 11.5. The number of amides is 1.